The number of nitrogens with zero attached hydrogens (tertiary/aromatic N) is 3. The molecule has 0 radical (unpaired) electrons. The van der Waals surface area contributed by atoms with Crippen molar-refractivity contribution < 1.29 is 9.53 Å². The molecule has 0 spiro atoms. The number of ether oxygens (including phenoxy) is 1. The summed E-state index contributed by atoms with van der Waals surface area (Å²) < 4.78 is 6.98. The van der Waals surface area contributed by atoms with Crippen molar-refractivity contribution in [3.63, 3.8) is 0 Å². The number of halogens is 1. The van der Waals surface area contributed by atoms with Crippen molar-refractivity contribution in [2.24, 2.45) is 5.92 Å². The van der Waals surface area contributed by atoms with Crippen LogP contribution in [0.2, 0.25) is 5.02 Å². The zero-order valence-electron chi connectivity index (χ0n) is 15.0. The number of rotatable bonds is 6. The fourth-order valence-corrected chi connectivity index (χ4v) is 4.05. The lowest BCUT2D eigenvalue weighted by atomic mass is 10.1. The lowest BCUT2D eigenvalue weighted by molar-refractivity contribution is -0.146. The van der Waals surface area contributed by atoms with Crippen LogP contribution in [0.15, 0.2) is 47.8 Å². The van der Waals surface area contributed by atoms with Gasteiger partial charge < -0.3 is 9.14 Å². The molecule has 3 rings (SSSR count). The van der Waals surface area contributed by atoms with E-state index in [1.165, 1.54) is 0 Å². The third kappa shape index (κ3) is 3.95. The van der Waals surface area contributed by atoms with E-state index in [4.69, 9.17) is 16.3 Å². The highest BCUT2D eigenvalue weighted by molar-refractivity contribution is 7.99. The second-order valence-corrected chi connectivity index (χ2v) is 7.43. The molecule has 0 aliphatic rings. The Bertz CT molecular complexity index is 1030. The average Bonchev–Trinajstić information content (AvgIpc) is 3.08. The maximum Gasteiger partial charge on any atom is 0.309 e. The highest BCUT2D eigenvalue weighted by Gasteiger charge is 2.17. The van der Waals surface area contributed by atoms with Gasteiger partial charge in [0.25, 0.3) is 0 Å². The summed E-state index contributed by atoms with van der Waals surface area (Å²) in [6, 6.07) is 9.52. The van der Waals surface area contributed by atoms with Gasteiger partial charge in [0.1, 0.15) is 6.07 Å². The number of aromatic nitrogens is 2. The summed E-state index contributed by atoms with van der Waals surface area (Å²) in [5, 5.41) is 9.88. The molecule has 138 valence electrons. The molecular weight excluding hydrogens is 382 g/mol. The summed E-state index contributed by atoms with van der Waals surface area (Å²) in [5.41, 5.74) is 3.00. The Morgan fingerprint density at radius 3 is 2.96 bits per heavy atom. The van der Waals surface area contributed by atoms with Crippen molar-refractivity contribution >= 4 is 34.8 Å². The van der Waals surface area contributed by atoms with Gasteiger partial charge in [-0.05, 0) is 31.2 Å². The Kier molecular flexibility index (Phi) is 6.04. The summed E-state index contributed by atoms with van der Waals surface area (Å²) in [5.74, 6) is 0.193. The van der Waals surface area contributed by atoms with Gasteiger partial charge in [-0.1, -0.05) is 18.5 Å². The molecule has 3 aromatic rings. The van der Waals surface area contributed by atoms with Gasteiger partial charge in [0.15, 0.2) is 0 Å². The minimum Gasteiger partial charge on any atom is -0.466 e. The van der Waals surface area contributed by atoms with Crippen LogP contribution in [0.25, 0.3) is 16.8 Å². The maximum absolute atomic E-state index is 11.9. The number of carbonyl (C=O) groups excluding carboxylic acids is 1. The van der Waals surface area contributed by atoms with E-state index in [1.54, 1.807) is 43.2 Å². The largest absolute Gasteiger partial charge is 0.466 e. The van der Waals surface area contributed by atoms with E-state index in [2.05, 4.69) is 11.1 Å². The number of thioether (sulfide) groups is 1. The Balaban J connectivity index is 1.97. The standard InChI is InChI=1S/C20H18ClN3O2S/c1-3-26-20(25)13(2)12-27-18-6-8-23-11-15(18)17-5-4-14(10-22)19-16(21)7-9-24(17)19/h4-9,11,13H,3,12H2,1-2H3. The number of carbonyl (C=O) groups is 1. The molecule has 1 unspecified atom stereocenters. The summed E-state index contributed by atoms with van der Waals surface area (Å²) in [6.45, 7) is 4.04. The zero-order chi connectivity index (χ0) is 19.4. The summed E-state index contributed by atoms with van der Waals surface area (Å²) in [6.07, 6.45) is 5.35. The smallest absolute Gasteiger partial charge is 0.309 e. The molecule has 0 saturated heterocycles. The lowest BCUT2D eigenvalue weighted by Gasteiger charge is -2.14. The third-order valence-electron chi connectivity index (χ3n) is 4.11. The van der Waals surface area contributed by atoms with Crippen LogP contribution in [0, 0.1) is 17.2 Å². The number of fused-ring (bicyclic) bond motifs is 1. The first kappa shape index (κ1) is 19.3. The molecule has 0 aliphatic heterocycles. The normalized spacial score (nSPS) is 11.9. The first-order valence-electron chi connectivity index (χ1n) is 8.50. The van der Waals surface area contributed by atoms with E-state index in [0.717, 1.165) is 16.2 Å². The quantitative estimate of drug-likeness (QED) is 0.439. The average molecular weight is 400 g/mol. The number of nitriles is 1. The highest BCUT2D eigenvalue weighted by Crippen LogP contribution is 2.34. The first-order valence-corrected chi connectivity index (χ1v) is 9.86. The molecule has 0 aromatic carbocycles. The van der Waals surface area contributed by atoms with Crippen LogP contribution in [-0.4, -0.2) is 27.7 Å². The maximum atomic E-state index is 11.9. The van der Waals surface area contributed by atoms with Gasteiger partial charge in [0.05, 0.1) is 34.3 Å². The van der Waals surface area contributed by atoms with Crippen molar-refractivity contribution in [2.45, 2.75) is 18.7 Å². The number of pyridine rings is 2. The summed E-state index contributed by atoms with van der Waals surface area (Å²) in [4.78, 5) is 17.1. The molecule has 27 heavy (non-hydrogen) atoms. The van der Waals surface area contributed by atoms with Crippen molar-refractivity contribution in [3.8, 4) is 17.3 Å². The second kappa shape index (κ2) is 8.47. The van der Waals surface area contributed by atoms with E-state index in [-0.39, 0.29) is 11.9 Å². The highest BCUT2D eigenvalue weighted by atomic mass is 35.5. The molecule has 0 N–H and O–H groups in total. The lowest BCUT2D eigenvalue weighted by Crippen LogP contribution is -2.16. The van der Waals surface area contributed by atoms with Gasteiger partial charge in [0, 0.05) is 34.8 Å². The van der Waals surface area contributed by atoms with Crippen molar-refractivity contribution in [3.05, 3.63) is 53.4 Å². The molecule has 0 bridgehead atoms. The molecule has 0 aliphatic carbocycles. The van der Waals surface area contributed by atoms with Crippen LogP contribution in [0.4, 0.5) is 0 Å². The predicted molar refractivity (Wildman–Crippen MR) is 107 cm³/mol. The van der Waals surface area contributed by atoms with Gasteiger partial charge in [0.2, 0.25) is 0 Å². The number of esters is 1. The van der Waals surface area contributed by atoms with E-state index in [9.17, 15) is 10.1 Å². The van der Waals surface area contributed by atoms with Gasteiger partial charge in [-0.3, -0.25) is 9.78 Å². The van der Waals surface area contributed by atoms with Crippen LogP contribution >= 0.6 is 23.4 Å². The van der Waals surface area contributed by atoms with Crippen molar-refractivity contribution in [2.75, 3.05) is 12.4 Å². The Morgan fingerprint density at radius 1 is 1.41 bits per heavy atom. The fourth-order valence-electron chi connectivity index (χ4n) is 2.77. The molecular formula is C20H18ClN3O2S. The topological polar surface area (TPSA) is 67.4 Å². The Morgan fingerprint density at radius 2 is 2.22 bits per heavy atom. The van der Waals surface area contributed by atoms with Gasteiger partial charge in [-0.15, -0.1) is 11.8 Å². The van der Waals surface area contributed by atoms with Crippen LogP contribution in [0.3, 0.4) is 0 Å². The molecule has 0 fully saturated rings. The van der Waals surface area contributed by atoms with Gasteiger partial charge >= 0.3 is 5.97 Å². The molecule has 3 heterocycles. The van der Waals surface area contributed by atoms with Crippen LogP contribution < -0.4 is 0 Å². The predicted octanol–water partition coefficient (Wildman–Crippen LogP) is 4.82. The molecule has 7 heteroatoms. The van der Waals surface area contributed by atoms with E-state index < -0.39 is 0 Å². The first-order chi connectivity index (χ1) is 13.1. The third-order valence-corrected chi connectivity index (χ3v) is 5.75. The molecule has 0 saturated carbocycles. The molecule has 5 nitrogen and oxygen atoms in total. The van der Waals surface area contributed by atoms with E-state index >= 15 is 0 Å². The SMILES string of the molecule is CCOC(=O)C(C)CSc1ccncc1-c1ccc(C#N)c2c(Cl)ccn12. The van der Waals surface area contributed by atoms with Gasteiger partial charge in [-0.25, -0.2) is 0 Å². The fraction of sp³-hybridized carbons (Fsp3) is 0.250. The minimum absolute atomic E-state index is 0.196. The monoisotopic (exact) mass is 399 g/mol. The van der Waals surface area contributed by atoms with Crippen molar-refractivity contribution in [1.82, 2.24) is 9.38 Å². The van der Waals surface area contributed by atoms with Crippen LogP contribution in [0.1, 0.15) is 19.4 Å². The van der Waals surface area contributed by atoms with Crippen LogP contribution in [-0.2, 0) is 9.53 Å². The number of hydrogen-bond donors (Lipinski definition) is 0. The molecule has 1 atom stereocenters. The van der Waals surface area contributed by atoms with E-state index in [1.807, 2.05) is 29.7 Å². The van der Waals surface area contributed by atoms with Crippen molar-refractivity contribution in [1.29, 1.82) is 5.26 Å². The van der Waals surface area contributed by atoms with E-state index in [0.29, 0.717) is 28.5 Å². The number of hydrogen-bond acceptors (Lipinski definition) is 5. The summed E-state index contributed by atoms with van der Waals surface area (Å²) in [7, 11) is 0. The second-order valence-electron chi connectivity index (χ2n) is 5.96. The summed E-state index contributed by atoms with van der Waals surface area (Å²) >= 11 is 7.86. The Labute approximate surface area is 166 Å². The minimum atomic E-state index is -0.210. The molecule has 3 aromatic heterocycles. The molecule has 0 amide bonds. The zero-order valence-corrected chi connectivity index (χ0v) is 16.5. The van der Waals surface area contributed by atoms with Gasteiger partial charge in [-0.2, -0.15) is 5.26 Å². The Hall–Kier alpha value is -2.49. The van der Waals surface area contributed by atoms with Crippen LogP contribution in [0.5, 0.6) is 0 Å².